The highest BCUT2D eigenvalue weighted by molar-refractivity contribution is 5.71. The average molecular weight is 415 g/mol. The molecule has 0 saturated heterocycles. The van der Waals surface area contributed by atoms with Crippen LogP contribution < -0.4 is 9.80 Å². The summed E-state index contributed by atoms with van der Waals surface area (Å²) in [7, 11) is 2.03. The van der Waals surface area contributed by atoms with E-state index in [-0.39, 0.29) is 0 Å². The predicted molar refractivity (Wildman–Crippen MR) is 124 cm³/mol. The number of aromatic nitrogens is 2. The first-order chi connectivity index (χ1) is 14.0. The molecule has 6 nitrogen and oxygen atoms in total. The van der Waals surface area contributed by atoms with Crippen molar-refractivity contribution in [2.75, 3.05) is 29.9 Å². The Kier molecular flexibility index (Phi) is 7.93. The Morgan fingerprint density at radius 3 is 2.27 bits per heavy atom. The van der Waals surface area contributed by atoms with E-state index in [1.165, 1.54) is 16.6 Å². The third-order valence-corrected chi connectivity index (χ3v) is 4.51. The molecule has 0 atom stereocenters. The van der Waals surface area contributed by atoms with Crippen molar-refractivity contribution in [2.45, 2.75) is 60.6 Å². The SMILES string of the molecule is CC(C)CN(CC(C)C)c1cccc(N(C)Cc2cncn2C(=O)OC(C)(C)C)c1. The normalized spacial score (nSPS) is 11.8. The van der Waals surface area contributed by atoms with Crippen molar-refractivity contribution in [3.05, 3.63) is 42.5 Å². The maximum atomic E-state index is 12.5. The Hall–Kier alpha value is -2.50. The van der Waals surface area contributed by atoms with Crippen LogP contribution in [0.1, 0.15) is 54.2 Å². The first-order valence-corrected chi connectivity index (χ1v) is 10.8. The van der Waals surface area contributed by atoms with Crippen LogP contribution in [0.4, 0.5) is 16.2 Å². The molecule has 0 bridgehead atoms. The largest absolute Gasteiger partial charge is 0.443 e. The second-order valence-electron chi connectivity index (χ2n) is 9.80. The molecule has 0 fully saturated rings. The number of carbonyl (C=O) groups is 1. The molecule has 1 aromatic carbocycles. The fourth-order valence-corrected chi connectivity index (χ4v) is 3.34. The maximum absolute atomic E-state index is 12.5. The number of imidazole rings is 1. The van der Waals surface area contributed by atoms with Crippen LogP contribution in [0.3, 0.4) is 0 Å². The van der Waals surface area contributed by atoms with Crippen LogP contribution in [0, 0.1) is 11.8 Å². The summed E-state index contributed by atoms with van der Waals surface area (Å²) in [6.45, 7) is 17.2. The minimum Gasteiger partial charge on any atom is -0.443 e. The van der Waals surface area contributed by atoms with Crippen LogP contribution in [-0.4, -0.2) is 41.4 Å². The predicted octanol–water partition coefficient (Wildman–Crippen LogP) is 5.42. The van der Waals surface area contributed by atoms with Gasteiger partial charge in [-0.2, -0.15) is 0 Å². The van der Waals surface area contributed by atoms with E-state index in [2.05, 4.69) is 66.7 Å². The van der Waals surface area contributed by atoms with E-state index in [1.807, 2.05) is 27.8 Å². The molecule has 0 radical (unpaired) electrons. The molecule has 166 valence electrons. The molecule has 0 aliphatic rings. The first kappa shape index (κ1) is 23.8. The van der Waals surface area contributed by atoms with E-state index in [0.29, 0.717) is 18.4 Å². The summed E-state index contributed by atoms with van der Waals surface area (Å²) in [6.07, 6.45) is 2.83. The molecule has 30 heavy (non-hydrogen) atoms. The molecule has 0 unspecified atom stereocenters. The number of rotatable bonds is 8. The van der Waals surface area contributed by atoms with Crippen LogP contribution in [0.2, 0.25) is 0 Å². The average Bonchev–Trinajstić information content (AvgIpc) is 3.07. The van der Waals surface area contributed by atoms with E-state index in [4.69, 9.17) is 4.74 Å². The zero-order valence-electron chi connectivity index (χ0n) is 19.8. The molecule has 2 rings (SSSR count). The summed E-state index contributed by atoms with van der Waals surface area (Å²) in [5.41, 5.74) is 2.57. The van der Waals surface area contributed by atoms with Crippen molar-refractivity contribution in [1.82, 2.24) is 9.55 Å². The van der Waals surface area contributed by atoms with Gasteiger partial charge in [0.1, 0.15) is 11.9 Å². The van der Waals surface area contributed by atoms with Gasteiger partial charge in [0.15, 0.2) is 0 Å². The van der Waals surface area contributed by atoms with Crippen LogP contribution in [0.5, 0.6) is 0 Å². The standard InChI is InChI=1S/C24H38N4O2/c1-18(2)14-27(15-19(3)4)21-11-9-10-20(12-21)26(8)16-22-13-25-17-28(22)23(29)30-24(5,6)7/h9-13,17-19H,14-16H2,1-8H3. The number of ether oxygens (including phenoxy) is 1. The lowest BCUT2D eigenvalue weighted by atomic mass is 10.1. The number of benzene rings is 1. The summed E-state index contributed by atoms with van der Waals surface area (Å²) in [5, 5.41) is 0. The topological polar surface area (TPSA) is 50.6 Å². The van der Waals surface area contributed by atoms with Crippen LogP contribution >= 0.6 is 0 Å². The van der Waals surface area contributed by atoms with Crippen molar-refractivity contribution in [3.63, 3.8) is 0 Å². The van der Waals surface area contributed by atoms with Gasteiger partial charge >= 0.3 is 6.09 Å². The third kappa shape index (κ3) is 7.08. The summed E-state index contributed by atoms with van der Waals surface area (Å²) in [6, 6.07) is 8.59. The first-order valence-electron chi connectivity index (χ1n) is 10.8. The lowest BCUT2D eigenvalue weighted by Gasteiger charge is -2.30. The number of carbonyl (C=O) groups excluding carboxylic acids is 1. The van der Waals surface area contributed by atoms with Gasteiger partial charge in [0.2, 0.25) is 0 Å². The van der Waals surface area contributed by atoms with E-state index in [1.54, 1.807) is 6.20 Å². The minimum atomic E-state index is -0.546. The molecule has 0 aliphatic carbocycles. The van der Waals surface area contributed by atoms with Gasteiger partial charge in [0.05, 0.1) is 18.4 Å². The van der Waals surface area contributed by atoms with Crippen molar-refractivity contribution in [2.24, 2.45) is 11.8 Å². The molecule has 0 aliphatic heterocycles. The second-order valence-corrected chi connectivity index (χ2v) is 9.80. The smallest absolute Gasteiger partial charge is 0.420 e. The number of nitrogens with zero attached hydrogens (tertiary/aromatic N) is 4. The van der Waals surface area contributed by atoms with Crippen molar-refractivity contribution >= 4 is 17.5 Å². The monoisotopic (exact) mass is 414 g/mol. The molecule has 1 heterocycles. The van der Waals surface area contributed by atoms with Gasteiger partial charge in [-0.25, -0.2) is 14.3 Å². The van der Waals surface area contributed by atoms with Gasteiger partial charge in [-0.05, 0) is 50.8 Å². The molecule has 0 amide bonds. The molecule has 0 N–H and O–H groups in total. The van der Waals surface area contributed by atoms with E-state index in [9.17, 15) is 4.79 Å². The molecule has 2 aromatic rings. The Balaban J connectivity index is 2.19. The summed E-state index contributed by atoms with van der Waals surface area (Å²) < 4.78 is 6.97. The van der Waals surface area contributed by atoms with Crippen molar-refractivity contribution in [3.8, 4) is 0 Å². The summed E-state index contributed by atoms with van der Waals surface area (Å²) in [4.78, 5) is 21.2. The van der Waals surface area contributed by atoms with Gasteiger partial charge in [-0.15, -0.1) is 0 Å². The Morgan fingerprint density at radius 1 is 1.10 bits per heavy atom. The molecule has 6 heteroatoms. The van der Waals surface area contributed by atoms with Gasteiger partial charge < -0.3 is 14.5 Å². The van der Waals surface area contributed by atoms with Gasteiger partial charge in [0.25, 0.3) is 0 Å². The quantitative estimate of drug-likeness (QED) is 0.577. The fourth-order valence-electron chi connectivity index (χ4n) is 3.34. The zero-order chi connectivity index (χ0) is 22.5. The number of hydrogen-bond acceptors (Lipinski definition) is 5. The van der Waals surface area contributed by atoms with Gasteiger partial charge in [-0.1, -0.05) is 33.8 Å². The maximum Gasteiger partial charge on any atom is 0.420 e. The Bertz CT molecular complexity index is 811. The second kappa shape index (κ2) is 10.0. The summed E-state index contributed by atoms with van der Waals surface area (Å²) in [5.74, 6) is 1.18. The van der Waals surface area contributed by atoms with E-state index in [0.717, 1.165) is 24.5 Å². The minimum absolute atomic E-state index is 0.405. The zero-order valence-corrected chi connectivity index (χ0v) is 19.8. The fraction of sp³-hybridized carbons (Fsp3) is 0.583. The Morgan fingerprint density at radius 2 is 1.70 bits per heavy atom. The van der Waals surface area contributed by atoms with Crippen LogP contribution in [0.15, 0.2) is 36.8 Å². The highest BCUT2D eigenvalue weighted by atomic mass is 16.6. The third-order valence-electron chi connectivity index (χ3n) is 4.51. The van der Waals surface area contributed by atoms with E-state index < -0.39 is 11.7 Å². The number of hydrogen-bond donors (Lipinski definition) is 0. The molecule has 1 aromatic heterocycles. The van der Waals surface area contributed by atoms with E-state index >= 15 is 0 Å². The lowest BCUT2D eigenvalue weighted by Crippen LogP contribution is -2.31. The molecule has 0 spiro atoms. The number of anilines is 2. The van der Waals surface area contributed by atoms with Crippen molar-refractivity contribution < 1.29 is 9.53 Å². The molecule has 0 saturated carbocycles. The highest BCUT2D eigenvalue weighted by Crippen LogP contribution is 2.25. The Labute approximate surface area is 181 Å². The highest BCUT2D eigenvalue weighted by Gasteiger charge is 2.20. The lowest BCUT2D eigenvalue weighted by molar-refractivity contribution is 0.0532. The van der Waals surface area contributed by atoms with Crippen LogP contribution in [-0.2, 0) is 11.3 Å². The summed E-state index contributed by atoms with van der Waals surface area (Å²) >= 11 is 0. The van der Waals surface area contributed by atoms with Crippen molar-refractivity contribution in [1.29, 1.82) is 0 Å². The molecular formula is C24H38N4O2. The van der Waals surface area contributed by atoms with Crippen LogP contribution in [0.25, 0.3) is 0 Å². The molecular weight excluding hydrogens is 376 g/mol. The van der Waals surface area contributed by atoms with Gasteiger partial charge in [-0.3, -0.25) is 0 Å². The van der Waals surface area contributed by atoms with Gasteiger partial charge in [0, 0.05) is 31.5 Å².